The molecule has 0 aliphatic rings. The van der Waals surface area contributed by atoms with Crippen LogP contribution in [0, 0.1) is 5.92 Å². The van der Waals surface area contributed by atoms with Gasteiger partial charge in [0.15, 0.2) is 0 Å². The van der Waals surface area contributed by atoms with Crippen molar-refractivity contribution < 1.29 is 23.9 Å². The highest BCUT2D eigenvalue weighted by atomic mass is 16.5. The van der Waals surface area contributed by atoms with E-state index in [2.05, 4.69) is 10.6 Å². The Kier molecular flexibility index (Phi) is 9.37. The lowest BCUT2D eigenvalue weighted by Crippen LogP contribution is -2.46. The van der Waals surface area contributed by atoms with Crippen LogP contribution in [0.3, 0.4) is 0 Å². The first-order valence-corrected chi connectivity index (χ1v) is 9.90. The van der Waals surface area contributed by atoms with Crippen LogP contribution in [0.4, 0.5) is 4.79 Å². The second kappa shape index (κ2) is 12.3. The molecule has 7 nitrogen and oxygen atoms in total. The van der Waals surface area contributed by atoms with Crippen molar-refractivity contribution in [3.05, 3.63) is 71.8 Å². The number of carbonyl (C=O) groups excluding carboxylic acids is 3. The number of alkyl carbamates (subject to hydrolysis) is 1. The second-order valence-electron chi connectivity index (χ2n) is 7.12. The number of amides is 2. The zero-order chi connectivity index (χ0) is 21.8. The number of hydrogen-bond acceptors (Lipinski definition) is 5. The molecule has 2 N–H and O–H groups in total. The van der Waals surface area contributed by atoms with Crippen molar-refractivity contribution in [3.63, 3.8) is 0 Å². The van der Waals surface area contributed by atoms with E-state index in [1.807, 2.05) is 74.5 Å². The van der Waals surface area contributed by atoms with Gasteiger partial charge in [-0.2, -0.15) is 0 Å². The number of rotatable bonds is 10. The Bertz CT molecular complexity index is 809. The summed E-state index contributed by atoms with van der Waals surface area (Å²) < 4.78 is 10.4. The molecule has 0 fully saturated rings. The summed E-state index contributed by atoms with van der Waals surface area (Å²) in [5.74, 6) is -0.979. The third kappa shape index (κ3) is 8.34. The van der Waals surface area contributed by atoms with Gasteiger partial charge in [-0.3, -0.25) is 4.79 Å². The van der Waals surface area contributed by atoms with Gasteiger partial charge in [0, 0.05) is 13.0 Å². The monoisotopic (exact) mass is 412 g/mol. The van der Waals surface area contributed by atoms with Crippen molar-refractivity contribution >= 4 is 18.0 Å². The predicted molar refractivity (Wildman–Crippen MR) is 112 cm³/mol. The van der Waals surface area contributed by atoms with E-state index in [1.165, 1.54) is 0 Å². The smallest absolute Gasteiger partial charge is 0.407 e. The van der Waals surface area contributed by atoms with Crippen LogP contribution in [-0.2, 0) is 32.3 Å². The maximum Gasteiger partial charge on any atom is 0.407 e. The Labute approximate surface area is 176 Å². The van der Waals surface area contributed by atoms with Gasteiger partial charge in [-0.15, -0.1) is 0 Å². The average molecular weight is 412 g/mol. The molecule has 0 heterocycles. The number of nitrogens with one attached hydrogen (secondary N) is 2. The average Bonchev–Trinajstić information content (AvgIpc) is 2.75. The molecule has 0 unspecified atom stereocenters. The highest BCUT2D eigenvalue weighted by molar-refractivity contribution is 5.85. The minimum atomic E-state index is -0.758. The summed E-state index contributed by atoms with van der Waals surface area (Å²) in [4.78, 5) is 36.3. The molecule has 0 spiro atoms. The third-order valence-corrected chi connectivity index (χ3v) is 4.30. The van der Waals surface area contributed by atoms with Gasteiger partial charge in [0.25, 0.3) is 0 Å². The molecule has 0 saturated carbocycles. The fourth-order valence-electron chi connectivity index (χ4n) is 2.61. The lowest BCUT2D eigenvalue weighted by Gasteiger charge is -2.21. The number of benzene rings is 2. The molecule has 2 aromatic carbocycles. The van der Waals surface area contributed by atoms with Gasteiger partial charge in [-0.05, 0) is 17.0 Å². The predicted octanol–water partition coefficient (Wildman–Crippen LogP) is 3.19. The maximum atomic E-state index is 12.4. The first-order chi connectivity index (χ1) is 14.5. The van der Waals surface area contributed by atoms with Gasteiger partial charge >= 0.3 is 12.1 Å². The summed E-state index contributed by atoms with van der Waals surface area (Å²) in [5, 5.41) is 5.20. The molecule has 7 heteroatoms. The fraction of sp³-hybridized carbons (Fsp3) is 0.348. The van der Waals surface area contributed by atoms with Crippen LogP contribution in [0.25, 0.3) is 0 Å². The van der Waals surface area contributed by atoms with E-state index in [9.17, 15) is 14.4 Å². The quantitative estimate of drug-likeness (QED) is 0.585. The molecule has 2 aromatic rings. The van der Waals surface area contributed by atoms with Gasteiger partial charge in [-0.25, -0.2) is 9.59 Å². The molecule has 2 rings (SSSR count). The number of esters is 1. The molecular weight excluding hydrogens is 384 g/mol. The first kappa shape index (κ1) is 22.9. The molecule has 1 atom stereocenters. The second-order valence-corrected chi connectivity index (χ2v) is 7.12. The van der Waals surface area contributed by atoms with Crippen LogP contribution in [0.5, 0.6) is 0 Å². The topological polar surface area (TPSA) is 93.7 Å². The normalized spacial score (nSPS) is 11.4. The zero-order valence-electron chi connectivity index (χ0n) is 17.3. The van der Waals surface area contributed by atoms with Crippen molar-refractivity contribution in [2.45, 2.75) is 39.5 Å². The van der Waals surface area contributed by atoms with Gasteiger partial charge in [0.05, 0.1) is 0 Å². The zero-order valence-corrected chi connectivity index (χ0v) is 17.3. The molecule has 2 amide bonds. The van der Waals surface area contributed by atoms with E-state index >= 15 is 0 Å². The van der Waals surface area contributed by atoms with E-state index in [4.69, 9.17) is 9.47 Å². The van der Waals surface area contributed by atoms with E-state index in [-0.39, 0.29) is 38.0 Å². The number of ether oxygens (including phenoxy) is 2. The molecule has 160 valence electrons. The standard InChI is InChI=1S/C23H28N2O5/c1-17(2)21(22(27)29-15-18-9-5-3-6-10-18)25-20(26)13-14-24-23(28)30-16-19-11-7-4-8-12-19/h3-12,17,21H,13-16H2,1-2H3,(H,24,28)(H,25,26)/t21-/m1/s1. The van der Waals surface area contributed by atoms with Crippen LogP contribution in [0.1, 0.15) is 31.4 Å². The minimum absolute atomic E-state index is 0.0234. The maximum absolute atomic E-state index is 12.4. The van der Waals surface area contributed by atoms with E-state index in [0.29, 0.717) is 0 Å². The summed E-state index contributed by atoms with van der Waals surface area (Å²) in [6.45, 7) is 4.06. The van der Waals surface area contributed by atoms with Crippen LogP contribution in [-0.4, -0.2) is 30.6 Å². The summed E-state index contributed by atoms with van der Waals surface area (Å²) in [5.41, 5.74) is 1.75. The fourth-order valence-corrected chi connectivity index (χ4v) is 2.61. The van der Waals surface area contributed by atoms with Crippen molar-refractivity contribution in [3.8, 4) is 0 Å². The van der Waals surface area contributed by atoms with Crippen molar-refractivity contribution in [1.29, 1.82) is 0 Å². The van der Waals surface area contributed by atoms with Crippen molar-refractivity contribution in [1.82, 2.24) is 10.6 Å². The molecule has 0 radical (unpaired) electrons. The van der Waals surface area contributed by atoms with Gasteiger partial charge in [0.2, 0.25) is 5.91 Å². The van der Waals surface area contributed by atoms with E-state index in [1.54, 1.807) is 0 Å². The lowest BCUT2D eigenvalue weighted by molar-refractivity contribution is -0.150. The Hall–Kier alpha value is -3.35. The van der Waals surface area contributed by atoms with Crippen LogP contribution in [0.15, 0.2) is 60.7 Å². The molecule has 0 saturated heterocycles. The minimum Gasteiger partial charge on any atom is -0.459 e. The largest absolute Gasteiger partial charge is 0.459 e. The highest BCUT2D eigenvalue weighted by Crippen LogP contribution is 2.08. The van der Waals surface area contributed by atoms with Gasteiger partial charge in [0.1, 0.15) is 19.3 Å². The SMILES string of the molecule is CC(C)[C@@H](NC(=O)CCNC(=O)OCc1ccccc1)C(=O)OCc1ccccc1. The Morgan fingerprint density at radius 2 is 1.37 bits per heavy atom. The number of carbonyl (C=O) groups is 3. The highest BCUT2D eigenvalue weighted by Gasteiger charge is 2.25. The van der Waals surface area contributed by atoms with Crippen molar-refractivity contribution in [2.24, 2.45) is 5.92 Å². The van der Waals surface area contributed by atoms with Gasteiger partial charge < -0.3 is 20.1 Å². The molecule has 0 aromatic heterocycles. The Balaban J connectivity index is 1.69. The lowest BCUT2D eigenvalue weighted by atomic mass is 10.0. The van der Waals surface area contributed by atoms with E-state index < -0.39 is 18.1 Å². The first-order valence-electron chi connectivity index (χ1n) is 9.90. The van der Waals surface area contributed by atoms with Crippen LogP contribution in [0.2, 0.25) is 0 Å². The summed E-state index contributed by atoms with van der Waals surface area (Å²) in [7, 11) is 0. The Morgan fingerprint density at radius 3 is 1.90 bits per heavy atom. The molecule has 0 aliphatic heterocycles. The summed E-state index contributed by atoms with van der Waals surface area (Å²) >= 11 is 0. The summed E-state index contributed by atoms with van der Waals surface area (Å²) in [6.07, 6.45) is -0.579. The Morgan fingerprint density at radius 1 is 0.833 bits per heavy atom. The van der Waals surface area contributed by atoms with Crippen molar-refractivity contribution in [2.75, 3.05) is 6.54 Å². The van der Waals surface area contributed by atoms with Gasteiger partial charge in [-0.1, -0.05) is 74.5 Å². The van der Waals surface area contributed by atoms with Crippen LogP contribution < -0.4 is 10.6 Å². The molecule has 0 aliphatic carbocycles. The van der Waals surface area contributed by atoms with E-state index in [0.717, 1.165) is 11.1 Å². The number of hydrogen-bond donors (Lipinski definition) is 2. The molecule has 30 heavy (non-hydrogen) atoms. The molecular formula is C23H28N2O5. The molecule has 0 bridgehead atoms. The van der Waals surface area contributed by atoms with Crippen LogP contribution >= 0.6 is 0 Å². The summed E-state index contributed by atoms with van der Waals surface area (Å²) in [6, 6.07) is 17.9. The third-order valence-electron chi connectivity index (χ3n) is 4.30.